The van der Waals surface area contributed by atoms with Crippen molar-refractivity contribution in [2.75, 3.05) is 6.61 Å². The minimum Gasteiger partial charge on any atom is -0.456 e. The number of benzene rings is 1. The third-order valence-electron chi connectivity index (χ3n) is 2.14. The van der Waals surface area contributed by atoms with Crippen molar-refractivity contribution in [3.63, 3.8) is 0 Å². The Morgan fingerprint density at radius 3 is 2.10 bits per heavy atom. The second-order valence-corrected chi connectivity index (χ2v) is 5.36. The first-order valence-electron chi connectivity index (χ1n) is 6.19. The third-order valence-corrected chi connectivity index (χ3v) is 2.14. The third kappa shape index (κ3) is 5.22. The molecule has 20 heavy (non-hydrogen) atoms. The molecule has 0 spiro atoms. The van der Waals surface area contributed by atoms with E-state index in [4.69, 9.17) is 9.47 Å². The van der Waals surface area contributed by atoms with Crippen LogP contribution in [0, 0.1) is 0 Å². The summed E-state index contributed by atoms with van der Waals surface area (Å²) >= 11 is 0. The molecular weight excluding hydrogens is 260 g/mol. The molecule has 0 saturated carbocycles. The van der Waals surface area contributed by atoms with E-state index in [0.29, 0.717) is 0 Å². The molecule has 5 nitrogen and oxygen atoms in total. The lowest BCUT2D eigenvalue weighted by molar-refractivity contribution is -0.120. The fourth-order valence-electron chi connectivity index (χ4n) is 1.36. The van der Waals surface area contributed by atoms with Gasteiger partial charge < -0.3 is 9.47 Å². The quantitative estimate of drug-likeness (QED) is 0.791. The lowest BCUT2D eigenvalue weighted by Crippen LogP contribution is -2.24. The van der Waals surface area contributed by atoms with Gasteiger partial charge in [0.05, 0.1) is 11.1 Å². The predicted octanol–water partition coefficient (Wildman–Crippen LogP) is 2.39. The zero-order valence-electron chi connectivity index (χ0n) is 12.1. The summed E-state index contributed by atoms with van der Waals surface area (Å²) in [4.78, 5) is 34.3. The van der Waals surface area contributed by atoms with Crippen molar-refractivity contribution in [2.24, 2.45) is 0 Å². The standard InChI is InChI=1S/C15H18O5/c1-10(16)9-19-13(17)11-6-5-7-12(8-11)14(18)20-15(2,3)4/h5-8H,9H2,1-4H3. The first-order chi connectivity index (χ1) is 9.19. The largest absolute Gasteiger partial charge is 0.456 e. The fraction of sp³-hybridized carbons (Fsp3) is 0.400. The van der Waals surface area contributed by atoms with Gasteiger partial charge in [0.1, 0.15) is 12.2 Å². The molecule has 1 rings (SSSR count). The molecule has 1 aromatic rings. The molecular formula is C15H18O5. The van der Waals surface area contributed by atoms with Gasteiger partial charge in [0, 0.05) is 0 Å². The number of ketones is 1. The Kier molecular flexibility index (Phi) is 5.02. The van der Waals surface area contributed by atoms with Crippen molar-refractivity contribution < 1.29 is 23.9 Å². The molecule has 5 heteroatoms. The molecule has 0 saturated heterocycles. The van der Waals surface area contributed by atoms with E-state index >= 15 is 0 Å². The lowest BCUT2D eigenvalue weighted by Gasteiger charge is -2.19. The summed E-state index contributed by atoms with van der Waals surface area (Å²) in [6.45, 7) is 6.32. The first-order valence-corrected chi connectivity index (χ1v) is 6.19. The van der Waals surface area contributed by atoms with Crippen LogP contribution in [0.2, 0.25) is 0 Å². The molecule has 0 unspecified atom stereocenters. The lowest BCUT2D eigenvalue weighted by atomic mass is 10.1. The van der Waals surface area contributed by atoms with Crippen molar-refractivity contribution in [3.05, 3.63) is 35.4 Å². The Morgan fingerprint density at radius 2 is 1.60 bits per heavy atom. The van der Waals surface area contributed by atoms with E-state index in [-0.39, 0.29) is 23.5 Å². The van der Waals surface area contributed by atoms with Crippen LogP contribution in [0.15, 0.2) is 24.3 Å². The van der Waals surface area contributed by atoms with Gasteiger partial charge in [0.15, 0.2) is 5.78 Å². The second kappa shape index (κ2) is 6.32. The molecule has 0 aromatic heterocycles. The number of ether oxygens (including phenoxy) is 2. The van der Waals surface area contributed by atoms with E-state index in [2.05, 4.69) is 0 Å². The second-order valence-electron chi connectivity index (χ2n) is 5.36. The van der Waals surface area contributed by atoms with Crippen molar-refractivity contribution in [3.8, 4) is 0 Å². The van der Waals surface area contributed by atoms with Crippen LogP contribution in [0.25, 0.3) is 0 Å². The molecule has 0 radical (unpaired) electrons. The number of hydrogen-bond acceptors (Lipinski definition) is 5. The number of carbonyl (C=O) groups is 3. The van der Waals surface area contributed by atoms with E-state index in [1.54, 1.807) is 32.9 Å². The van der Waals surface area contributed by atoms with Gasteiger partial charge in [-0.15, -0.1) is 0 Å². The van der Waals surface area contributed by atoms with Gasteiger partial charge in [-0.05, 0) is 45.9 Å². The van der Waals surface area contributed by atoms with Crippen molar-refractivity contribution in [2.45, 2.75) is 33.3 Å². The molecule has 108 valence electrons. The highest BCUT2D eigenvalue weighted by Crippen LogP contribution is 2.14. The molecule has 1 aromatic carbocycles. The highest BCUT2D eigenvalue weighted by Gasteiger charge is 2.19. The van der Waals surface area contributed by atoms with Gasteiger partial charge in [-0.3, -0.25) is 4.79 Å². The number of esters is 2. The predicted molar refractivity (Wildman–Crippen MR) is 72.6 cm³/mol. The monoisotopic (exact) mass is 278 g/mol. The first kappa shape index (κ1) is 15.9. The van der Waals surface area contributed by atoms with Crippen LogP contribution >= 0.6 is 0 Å². The zero-order valence-corrected chi connectivity index (χ0v) is 12.1. The van der Waals surface area contributed by atoms with Crippen LogP contribution in [-0.2, 0) is 14.3 Å². The van der Waals surface area contributed by atoms with Gasteiger partial charge in [-0.1, -0.05) is 6.07 Å². The minimum absolute atomic E-state index is 0.203. The van der Waals surface area contributed by atoms with Gasteiger partial charge >= 0.3 is 11.9 Å². The number of rotatable bonds is 4. The minimum atomic E-state index is -0.648. The van der Waals surface area contributed by atoms with Crippen molar-refractivity contribution in [1.29, 1.82) is 0 Å². The number of Topliss-reactive ketones (excluding diaryl/α,β-unsaturated/α-hetero) is 1. The Morgan fingerprint density at radius 1 is 1.05 bits per heavy atom. The van der Waals surface area contributed by atoms with Crippen molar-refractivity contribution in [1.82, 2.24) is 0 Å². The van der Waals surface area contributed by atoms with Gasteiger partial charge in [-0.25, -0.2) is 9.59 Å². The Hall–Kier alpha value is -2.17. The molecule has 0 atom stereocenters. The zero-order chi connectivity index (χ0) is 15.3. The Bertz CT molecular complexity index is 525. The Balaban J connectivity index is 2.82. The van der Waals surface area contributed by atoms with E-state index in [1.807, 2.05) is 0 Å². The maximum Gasteiger partial charge on any atom is 0.338 e. The summed E-state index contributed by atoms with van der Waals surface area (Å²) in [6.07, 6.45) is 0. The van der Waals surface area contributed by atoms with Crippen LogP contribution in [0.5, 0.6) is 0 Å². The summed E-state index contributed by atoms with van der Waals surface area (Å²) in [5, 5.41) is 0. The summed E-state index contributed by atoms with van der Waals surface area (Å²) in [7, 11) is 0. The maximum absolute atomic E-state index is 11.9. The van der Waals surface area contributed by atoms with Crippen LogP contribution in [0.4, 0.5) is 0 Å². The van der Waals surface area contributed by atoms with Gasteiger partial charge in [0.25, 0.3) is 0 Å². The van der Waals surface area contributed by atoms with Crippen LogP contribution in [0.3, 0.4) is 0 Å². The van der Waals surface area contributed by atoms with Gasteiger partial charge in [0.2, 0.25) is 0 Å². The molecule has 0 amide bonds. The Labute approximate surface area is 117 Å². The molecule has 0 aliphatic heterocycles. The van der Waals surface area contributed by atoms with Gasteiger partial charge in [-0.2, -0.15) is 0 Å². The molecule has 0 fully saturated rings. The van der Waals surface area contributed by atoms with Crippen molar-refractivity contribution >= 4 is 17.7 Å². The van der Waals surface area contributed by atoms with Crippen LogP contribution in [-0.4, -0.2) is 29.9 Å². The SMILES string of the molecule is CC(=O)COC(=O)c1cccc(C(=O)OC(C)(C)C)c1. The highest BCUT2D eigenvalue weighted by atomic mass is 16.6. The van der Waals surface area contributed by atoms with E-state index < -0.39 is 17.5 Å². The smallest absolute Gasteiger partial charge is 0.338 e. The molecule has 0 heterocycles. The topological polar surface area (TPSA) is 69.7 Å². The number of carbonyl (C=O) groups excluding carboxylic acids is 3. The van der Waals surface area contributed by atoms with E-state index in [0.717, 1.165) is 0 Å². The maximum atomic E-state index is 11.9. The normalized spacial score (nSPS) is 10.8. The van der Waals surface area contributed by atoms with Crippen LogP contribution < -0.4 is 0 Å². The molecule has 0 aliphatic rings. The molecule has 0 N–H and O–H groups in total. The average Bonchev–Trinajstić information content (AvgIpc) is 2.34. The summed E-state index contributed by atoms with van der Waals surface area (Å²) in [6, 6.07) is 6.01. The highest BCUT2D eigenvalue weighted by molar-refractivity contribution is 5.96. The van der Waals surface area contributed by atoms with E-state index in [1.165, 1.54) is 19.1 Å². The molecule has 0 aliphatic carbocycles. The summed E-state index contributed by atoms with van der Waals surface area (Å²) in [5.41, 5.74) is -0.144. The molecule has 0 bridgehead atoms. The summed E-state index contributed by atoms with van der Waals surface area (Å²) < 4.78 is 10.00. The van der Waals surface area contributed by atoms with E-state index in [9.17, 15) is 14.4 Å². The average molecular weight is 278 g/mol. The van der Waals surface area contributed by atoms with Crippen LogP contribution in [0.1, 0.15) is 48.4 Å². The number of hydrogen-bond donors (Lipinski definition) is 0. The summed E-state index contributed by atoms with van der Waals surface area (Å²) in [5.74, 6) is -1.41. The fourth-order valence-corrected chi connectivity index (χ4v) is 1.36.